The van der Waals surface area contributed by atoms with E-state index in [4.69, 9.17) is 18.5 Å². The number of benzene rings is 4. The third kappa shape index (κ3) is 7.28. The van der Waals surface area contributed by atoms with E-state index in [-0.39, 0.29) is 37.0 Å². The van der Waals surface area contributed by atoms with Crippen LogP contribution in [-0.2, 0) is 20.2 Å². The van der Waals surface area contributed by atoms with Crippen molar-refractivity contribution in [3.05, 3.63) is 124 Å². The molecule has 0 amide bonds. The number of para-hydroxylation sites is 2. The molecule has 0 aliphatic rings. The topological polar surface area (TPSA) is 118 Å². The van der Waals surface area contributed by atoms with Crippen molar-refractivity contribution in [3.8, 4) is 17.2 Å². The van der Waals surface area contributed by atoms with Gasteiger partial charge in [0.15, 0.2) is 28.9 Å². The van der Waals surface area contributed by atoms with Crippen molar-refractivity contribution in [3.63, 3.8) is 0 Å². The zero-order valence-electron chi connectivity index (χ0n) is 26.4. The van der Waals surface area contributed by atoms with Crippen molar-refractivity contribution in [2.45, 2.75) is 33.2 Å². The van der Waals surface area contributed by atoms with Gasteiger partial charge in [-0.25, -0.2) is 9.37 Å². The van der Waals surface area contributed by atoms with Gasteiger partial charge in [-0.1, -0.05) is 30.3 Å². The van der Waals surface area contributed by atoms with Crippen molar-refractivity contribution in [2.75, 3.05) is 25.6 Å². The number of anilines is 1. The fourth-order valence-electron chi connectivity index (χ4n) is 5.20. The Hall–Kier alpha value is -4.83. The SMILES string of the molecule is CCOP(=O)(OCC)C(Nc1ccccc1C(C)=O)c1ccc(OCc2nc3ccccc3c(=O)n2-c2ccc(F)cc2)c(OC)c1. The summed E-state index contributed by atoms with van der Waals surface area (Å²) < 4.78 is 52.6. The molecule has 12 heteroatoms. The molecule has 1 atom stereocenters. The summed E-state index contributed by atoms with van der Waals surface area (Å²) in [5.74, 6) is -0.730. The average Bonchev–Trinajstić information content (AvgIpc) is 3.07. The van der Waals surface area contributed by atoms with Crippen LogP contribution < -0.4 is 20.3 Å². The van der Waals surface area contributed by atoms with Gasteiger partial charge in [0.25, 0.3) is 5.56 Å². The second-order valence-electron chi connectivity index (χ2n) is 10.4. The van der Waals surface area contributed by atoms with Crippen LogP contribution in [0.25, 0.3) is 16.6 Å². The monoisotopic (exact) mass is 659 g/mol. The highest BCUT2D eigenvalue weighted by atomic mass is 31.2. The van der Waals surface area contributed by atoms with Crippen molar-refractivity contribution in [1.29, 1.82) is 0 Å². The molecule has 244 valence electrons. The number of aromatic nitrogens is 2. The lowest BCUT2D eigenvalue weighted by Crippen LogP contribution is -2.25. The van der Waals surface area contributed by atoms with Gasteiger partial charge in [-0.05, 0) is 87.0 Å². The van der Waals surface area contributed by atoms with E-state index in [0.717, 1.165) is 0 Å². The van der Waals surface area contributed by atoms with Crippen LogP contribution in [0.2, 0.25) is 0 Å². The zero-order chi connectivity index (χ0) is 33.6. The Morgan fingerprint density at radius 2 is 1.62 bits per heavy atom. The first-order valence-electron chi connectivity index (χ1n) is 15.0. The normalized spacial score (nSPS) is 12.1. The zero-order valence-corrected chi connectivity index (χ0v) is 27.3. The van der Waals surface area contributed by atoms with E-state index in [1.165, 1.54) is 42.9 Å². The number of fused-ring (bicyclic) bond motifs is 1. The van der Waals surface area contributed by atoms with Gasteiger partial charge in [0, 0.05) is 11.3 Å². The minimum Gasteiger partial charge on any atom is -0.493 e. The van der Waals surface area contributed by atoms with Gasteiger partial charge < -0.3 is 23.8 Å². The maximum atomic E-state index is 14.2. The molecule has 0 radical (unpaired) electrons. The van der Waals surface area contributed by atoms with Crippen molar-refractivity contribution >= 4 is 30.0 Å². The van der Waals surface area contributed by atoms with E-state index in [0.29, 0.717) is 44.9 Å². The molecule has 1 unspecified atom stereocenters. The van der Waals surface area contributed by atoms with Crippen LogP contribution in [0.5, 0.6) is 11.5 Å². The largest absolute Gasteiger partial charge is 0.493 e. The molecule has 1 N–H and O–H groups in total. The van der Waals surface area contributed by atoms with Gasteiger partial charge >= 0.3 is 7.60 Å². The summed E-state index contributed by atoms with van der Waals surface area (Å²) >= 11 is 0. The number of ether oxygens (including phenoxy) is 2. The molecule has 10 nitrogen and oxygen atoms in total. The number of ketones is 1. The van der Waals surface area contributed by atoms with Gasteiger partial charge in [-0.15, -0.1) is 0 Å². The Morgan fingerprint density at radius 1 is 0.936 bits per heavy atom. The van der Waals surface area contributed by atoms with E-state index in [9.17, 15) is 18.5 Å². The van der Waals surface area contributed by atoms with Gasteiger partial charge in [-0.2, -0.15) is 0 Å². The number of halogens is 1. The van der Waals surface area contributed by atoms with E-state index in [1.807, 2.05) is 0 Å². The molecular formula is C35H35FN3O7P. The standard InChI is InChI=1S/C35H35FN3O7P/c1-5-45-47(42,46-6-2)34(38-29-13-9-7-11-27(29)23(3)40)24-15-20-31(32(21-24)43-4)44-22-33-37-30-14-10-8-12-28(30)35(41)39(33)26-18-16-25(36)17-19-26/h7-21,34,38H,5-6,22H2,1-4H3. The highest BCUT2D eigenvalue weighted by Gasteiger charge is 2.38. The third-order valence-corrected chi connectivity index (χ3v) is 9.62. The molecule has 1 heterocycles. The Bertz CT molecular complexity index is 1990. The second kappa shape index (κ2) is 14.7. The van der Waals surface area contributed by atoms with Crippen molar-refractivity contribution < 1.29 is 32.3 Å². The predicted octanol–water partition coefficient (Wildman–Crippen LogP) is 7.69. The fraction of sp³-hybridized carbons (Fsp3) is 0.229. The molecule has 4 aromatic carbocycles. The Labute approximate surface area is 271 Å². The summed E-state index contributed by atoms with van der Waals surface area (Å²) in [4.78, 5) is 30.7. The van der Waals surface area contributed by atoms with Crippen LogP contribution in [-0.4, -0.2) is 35.7 Å². The fourth-order valence-corrected chi connectivity index (χ4v) is 7.12. The highest BCUT2D eigenvalue weighted by molar-refractivity contribution is 7.54. The van der Waals surface area contributed by atoms with Crippen LogP contribution in [0, 0.1) is 5.82 Å². The molecule has 0 aliphatic carbocycles. The van der Waals surface area contributed by atoms with Crippen LogP contribution in [0.15, 0.2) is 95.8 Å². The number of hydrogen-bond donors (Lipinski definition) is 1. The summed E-state index contributed by atoms with van der Waals surface area (Å²) in [6.07, 6.45) is 0. The van der Waals surface area contributed by atoms with Crippen molar-refractivity contribution in [2.24, 2.45) is 0 Å². The average molecular weight is 660 g/mol. The summed E-state index contributed by atoms with van der Waals surface area (Å²) in [5.41, 5.74) is 1.96. The quantitative estimate of drug-likeness (QED) is 0.0946. The number of carbonyl (C=O) groups excluding carboxylic acids is 1. The van der Waals surface area contributed by atoms with Gasteiger partial charge in [0.05, 0.1) is 36.9 Å². The summed E-state index contributed by atoms with van der Waals surface area (Å²) in [5, 5.41) is 3.64. The van der Waals surface area contributed by atoms with E-state index >= 15 is 0 Å². The van der Waals surface area contributed by atoms with E-state index in [1.54, 1.807) is 80.6 Å². The highest BCUT2D eigenvalue weighted by Crippen LogP contribution is 2.61. The van der Waals surface area contributed by atoms with E-state index in [2.05, 4.69) is 10.3 Å². The van der Waals surface area contributed by atoms with E-state index < -0.39 is 19.2 Å². The van der Waals surface area contributed by atoms with Gasteiger partial charge in [-0.3, -0.25) is 18.7 Å². The maximum absolute atomic E-state index is 14.2. The lowest BCUT2D eigenvalue weighted by molar-refractivity contribution is 0.101. The molecule has 0 spiro atoms. The molecule has 0 saturated heterocycles. The number of methoxy groups -OCH3 is 1. The molecule has 1 aromatic heterocycles. The van der Waals surface area contributed by atoms with Crippen LogP contribution >= 0.6 is 7.60 Å². The first kappa shape index (κ1) is 33.5. The maximum Gasteiger partial charge on any atom is 0.357 e. The first-order valence-corrected chi connectivity index (χ1v) is 16.6. The molecule has 47 heavy (non-hydrogen) atoms. The van der Waals surface area contributed by atoms with Crippen LogP contribution in [0.4, 0.5) is 10.1 Å². The smallest absolute Gasteiger partial charge is 0.357 e. The predicted molar refractivity (Wildman–Crippen MR) is 178 cm³/mol. The number of carbonyl (C=O) groups is 1. The lowest BCUT2D eigenvalue weighted by atomic mass is 10.1. The Balaban J connectivity index is 1.54. The summed E-state index contributed by atoms with van der Waals surface area (Å²) in [6, 6.07) is 24.4. The summed E-state index contributed by atoms with van der Waals surface area (Å²) in [7, 11) is -2.38. The first-order chi connectivity index (χ1) is 22.7. The number of nitrogens with one attached hydrogen (secondary N) is 1. The van der Waals surface area contributed by atoms with Gasteiger partial charge in [0.1, 0.15) is 12.4 Å². The molecule has 5 rings (SSSR count). The molecule has 5 aromatic rings. The minimum atomic E-state index is -3.84. The minimum absolute atomic E-state index is 0.122. The van der Waals surface area contributed by atoms with Gasteiger partial charge in [0.2, 0.25) is 0 Å². The molecule has 0 saturated carbocycles. The van der Waals surface area contributed by atoms with Crippen molar-refractivity contribution in [1.82, 2.24) is 9.55 Å². The lowest BCUT2D eigenvalue weighted by Gasteiger charge is -2.29. The summed E-state index contributed by atoms with van der Waals surface area (Å²) in [6.45, 7) is 4.99. The molecular weight excluding hydrogens is 624 g/mol. The Morgan fingerprint density at radius 3 is 2.30 bits per heavy atom. The van der Waals surface area contributed by atoms with Crippen LogP contribution in [0.1, 0.15) is 48.3 Å². The number of rotatable bonds is 14. The number of hydrogen-bond acceptors (Lipinski definition) is 9. The Kier molecular flexibility index (Phi) is 10.5. The van der Waals surface area contributed by atoms with Crippen LogP contribution in [0.3, 0.4) is 0 Å². The molecule has 0 fully saturated rings. The number of Topliss-reactive ketones (excluding diaryl/α,β-unsaturated/α-hetero) is 1. The second-order valence-corrected chi connectivity index (χ2v) is 12.5. The molecule has 0 bridgehead atoms. The number of nitrogens with zero attached hydrogens (tertiary/aromatic N) is 2. The third-order valence-electron chi connectivity index (χ3n) is 7.32. The molecule has 0 aliphatic heterocycles.